The molecule has 1 N–H and O–H groups in total. The van der Waals surface area contributed by atoms with E-state index in [2.05, 4.69) is 15.5 Å². The van der Waals surface area contributed by atoms with Gasteiger partial charge in [0.15, 0.2) is 0 Å². The largest absolute Gasteiger partial charge is 0.338 e. The Morgan fingerprint density at radius 2 is 2.06 bits per heavy atom. The molecule has 0 spiro atoms. The maximum Gasteiger partial charge on any atom is 0.270 e. The average molecular weight is 238 g/mol. The highest BCUT2D eigenvalue weighted by molar-refractivity contribution is 6.30. The second kappa shape index (κ2) is 4.32. The fourth-order valence-corrected chi connectivity index (χ4v) is 1.25. The molecule has 0 aliphatic heterocycles. The van der Waals surface area contributed by atoms with Gasteiger partial charge in [0, 0.05) is 17.5 Å². The van der Waals surface area contributed by atoms with Gasteiger partial charge >= 0.3 is 0 Å². The van der Waals surface area contributed by atoms with Crippen LogP contribution in [0.4, 0.5) is 5.95 Å². The van der Waals surface area contributed by atoms with E-state index in [4.69, 9.17) is 16.1 Å². The molecule has 82 valence electrons. The third-order valence-corrected chi connectivity index (χ3v) is 2.11. The van der Waals surface area contributed by atoms with Crippen molar-refractivity contribution in [1.29, 1.82) is 0 Å². The number of aryl methyl sites for hydroxylation is 1. The Balaban J connectivity index is 2.11. The molecule has 2 rings (SSSR count). The van der Waals surface area contributed by atoms with E-state index in [9.17, 15) is 4.79 Å². The van der Waals surface area contributed by atoms with E-state index in [1.165, 1.54) is 0 Å². The van der Waals surface area contributed by atoms with Crippen LogP contribution in [-0.4, -0.2) is 16.0 Å². The summed E-state index contributed by atoms with van der Waals surface area (Å²) < 4.78 is 4.72. The van der Waals surface area contributed by atoms with Gasteiger partial charge in [-0.2, -0.15) is 4.98 Å². The van der Waals surface area contributed by atoms with Crippen LogP contribution in [0.25, 0.3) is 0 Å². The monoisotopic (exact) mass is 237 g/mol. The molecule has 16 heavy (non-hydrogen) atoms. The van der Waals surface area contributed by atoms with Crippen LogP contribution in [0.5, 0.6) is 0 Å². The number of nitrogens with zero attached hydrogens (tertiary/aromatic N) is 2. The van der Waals surface area contributed by atoms with E-state index in [0.717, 1.165) is 0 Å². The predicted octanol–water partition coefficient (Wildman–Crippen LogP) is 2.28. The van der Waals surface area contributed by atoms with E-state index in [1.807, 2.05) is 0 Å². The maximum absolute atomic E-state index is 11.7. The highest BCUT2D eigenvalue weighted by Crippen LogP contribution is 2.11. The van der Waals surface area contributed by atoms with Gasteiger partial charge in [0.1, 0.15) is 0 Å². The minimum absolute atomic E-state index is 0.150. The Bertz CT molecular complexity index is 507. The lowest BCUT2D eigenvalue weighted by Crippen LogP contribution is -2.12. The number of rotatable bonds is 2. The minimum Gasteiger partial charge on any atom is -0.338 e. The number of hydrogen-bond acceptors (Lipinski definition) is 4. The van der Waals surface area contributed by atoms with E-state index >= 15 is 0 Å². The number of carbonyl (C=O) groups excluding carboxylic acids is 1. The normalized spacial score (nSPS) is 10.1. The molecule has 0 atom stereocenters. The first-order valence-corrected chi connectivity index (χ1v) is 4.90. The van der Waals surface area contributed by atoms with Gasteiger partial charge in [0.25, 0.3) is 11.9 Å². The lowest BCUT2D eigenvalue weighted by molar-refractivity contribution is 0.102. The fraction of sp³-hybridized carbons (Fsp3) is 0.100. The lowest BCUT2D eigenvalue weighted by atomic mass is 10.2. The molecule has 0 aliphatic carbocycles. The zero-order valence-corrected chi connectivity index (χ0v) is 9.15. The summed E-state index contributed by atoms with van der Waals surface area (Å²) in [5, 5.41) is 6.63. The molecule has 1 aromatic heterocycles. The highest BCUT2D eigenvalue weighted by atomic mass is 35.5. The number of halogens is 1. The van der Waals surface area contributed by atoms with E-state index < -0.39 is 0 Å². The first-order valence-electron chi connectivity index (χ1n) is 4.52. The molecular weight excluding hydrogens is 230 g/mol. The molecule has 0 fully saturated rings. The summed E-state index contributed by atoms with van der Waals surface area (Å²) in [5.41, 5.74) is 0.479. The number of carbonyl (C=O) groups is 1. The van der Waals surface area contributed by atoms with Crippen LogP contribution in [0.3, 0.4) is 0 Å². The summed E-state index contributed by atoms with van der Waals surface area (Å²) in [4.78, 5) is 15.5. The smallest absolute Gasteiger partial charge is 0.270 e. The van der Waals surface area contributed by atoms with Crippen molar-refractivity contribution in [2.24, 2.45) is 0 Å². The molecular formula is C10H8ClN3O2. The van der Waals surface area contributed by atoms with Crippen molar-refractivity contribution in [3.8, 4) is 0 Å². The van der Waals surface area contributed by atoms with Gasteiger partial charge in [0.2, 0.25) is 5.89 Å². The molecule has 0 radical (unpaired) electrons. The van der Waals surface area contributed by atoms with Crippen molar-refractivity contribution < 1.29 is 9.32 Å². The fourth-order valence-electron chi connectivity index (χ4n) is 1.13. The van der Waals surface area contributed by atoms with Crippen molar-refractivity contribution >= 4 is 23.5 Å². The Kier molecular flexibility index (Phi) is 2.87. The quantitative estimate of drug-likeness (QED) is 0.870. The Hall–Kier alpha value is -1.88. The van der Waals surface area contributed by atoms with Gasteiger partial charge in [-0.3, -0.25) is 10.1 Å². The van der Waals surface area contributed by atoms with Gasteiger partial charge in [-0.25, -0.2) is 0 Å². The first-order chi connectivity index (χ1) is 7.65. The summed E-state index contributed by atoms with van der Waals surface area (Å²) in [6, 6.07) is 6.51. The molecule has 1 aromatic carbocycles. The minimum atomic E-state index is -0.308. The molecule has 0 saturated carbocycles. The summed E-state index contributed by atoms with van der Waals surface area (Å²) in [6.07, 6.45) is 0. The summed E-state index contributed by atoms with van der Waals surface area (Å²) in [6.45, 7) is 1.64. The average Bonchev–Trinajstić information content (AvgIpc) is 2.65. The van der Waals surface area contributed by atoms with Crippen LogP contribution in [0.15, 0.2) is 28.8 Å². The third-order valence-electron chi connectivity index (χ3n) is 1.86. The van der Waals surface area contributed by atoms with Crippen molar-refractivity contribution in [3.63, 3.8) is 0 Å². The van der Waals surface area contributed by atoms with Crippen molar-refractivity contribution in [2.45, 2.75) is 6.92 Å². The summed E-state index contributed by atoms with van der Waals surface area (Å²) >= 11 is 5.71. The van der Waals surface area contributed by atoms with Crippen LogP contribution < -0.4 is 5.32 Å². The SMILES string of the molecule is Cc1nc(NC(=O)c2ccc(Cl)cc2)no1. The van der Waals surface area contributed by atoms with Crippen LogP contribution in [-0.2, 0) is 0 Å². The van der Waals surface area contributed by atoms with Crippen LogP contribution in [0.1, 0.15) is 16.2 Å². The second-order valence-corrected chi connectivity index (χ2v) is 3.53. The zero-order chi connectivity index (χ0) is 11.5. The molecule has 1 amide bonds. The number of benzene rings is 1. The lowest BCUT2D eigenvalue weighted by Gasteiger charge is -1.99. The molecule has 6 heteroatoms. The van der Waals surface area contributed by atoms with E-state index in [-0.39, 0.29) is 11.9 Å². The van der Waals surface area contributed by atoms with Crippen LogP contribution in [0.2, 0.25) is 5.02 Å². The number of hydrogen-bond donors (Lipinski definition) is 1. The number of aromatic nitrogens is 2. The Labute approximate surface area is 96.4 Å². The van der Waals surface area contributed by atoms with Crippen LogP contribution >= 0.6 is 11.6 Å². The van der Waals surface area contributed by atoms with Gasteiger partial charge in [0.05, 0.1) is 0 Å². The van der Waals surface area contributed by atoms with Crippen molar-refractivity contribution in [2.75, 3.05) is 5.32 Å². The second-order valence-electron chi connectivity index (χ2n) is 3.10. The summed E-state index contributed by atoms with van der Waals surface area (Å²) in [7, 11) is 0. The van der Waals surface area contributed by atoms with Gasteiger partial charge in [-0.1, -0.05) is 11.6 Å². The first kappa shape index (κ1) is 10.6. The molecule has 0 aliphatic rings. The maximum atomic E-state index is 11.7. The predicted molar refractivity (Wildman–Crippen MR) is 58.4 cm³/mol. The zero-order valence-electron chi connectivity index (χ0n) is 8.40. The highest BCUT2D eigenvalue weighted by Gasteiger charge is 2.09. The van der Waals surface area contributed by atoms with Gasteiger partial charge in [-0.15, -0.1) is 0 Å². The molecule has 1 heterocycles. The third kappa shape index (κ3) is 2.38. The Morgan fingerprint density at radius 3 is 2.62 bits per heavy atom. The van der Waals surface area contributed by atoms with Crippen molar-refractivity contribution in [3.05, 3.63) is 40.7 Å². The van der Waals surface area contributed by atoms with E-state index in [1.54, 1.807) is 31.2 Å². The molecule has 2 aromatic rings. The molecule has 0 bridgehead atoms. The standard InChI is InChI=1S/C10H8ClN3O2/c1-6-12-10(14-16-6)13-9(15)7-2-4-8(11)5-3-7/h2-5H,1H3,(H,13,14,15). The molecule has 0 saturated heterocycles. The van der Waals surface area contributed by atoms with Gasteiger partial charge < -0.3 is 4.52 Å². The summed E-state index contributed by atoms with van der Waals surface area (Å²) in [5.74, 6) is 0.237. The molecule has 0 unspecified atom stereocenters. The number of anilines is 1. The van der Waals surface area contributed by atoms with Gasteiger partial charge in [-0.05, 0) is 29.4 Å². The van der Waals surface area contributed by atoms with Crippen molar-refractivity contribution in [1.82, 2.24) is 10.1 Å². The Morgan fingerprint density at radius 1 is 1.38 bits per heavy atom. The van der Waals surface area contributed by atoms with Crippen LogP contribution in [0, 0.1) is 6.92 Å². The topological polar surface area (TPSA) is 68.0 Å². The number of amides is 1. The number of nitrogens with one attached hydrogen (secondary N) is 1. The molecule has 5 nitrogen and oxygen atoms in total. The van der Waals surface area contributed by atoms with E-state index in [0.29, 0.717) is 16.5 Å².